The van der Waals surface area contributed by atoms with E-state index in [-0.39, 0.29) is 5.41 Å². The molecule has 0 spiro atoms. The Morgan fingerprint density at radius 1 is 0.344 bits per heavy atom. The van der Waals surface area contributed by atoms with Crippen LogP contribution < -0.4 is 0 Å². The van der Waals surface area contributed by atoms with Crippen molar-refractivity contribution in [2.75, 3.05) is 0 Å². The zero-order valence-corrected chi connectivity index (χ0v) is 35.6. The molecule has 1 aliphatic rings. The lowest BCUT2D eigenvalue weighted by Gasteiger charge is -2.22. The number of aromatic nitrogens is 2. The highest BCUT2D eigenvalue weighted by molar-refractivity contribution is 6.10. The van der Waals surface area contributed by atoms with Crippen LogP contribution in [0.1, 0.15) is 25.0 Å². The van der Waals surface area contributed by atoms with Crippen LogP contribution in [0.2, 0.25) is 0 Å². The third-order valence-corrected chi connectivity index (χ3v) is 13.1. The largest absolute Gasteiger partial charge is 0.455 e. The third-order valence-electron chi connectivity index (χ3n) is 13.1. The number of nitrogens with zero attached hydrogens (tertiary/aromatic N) is 2. The zero-order valence-electron chi connectivity index (χ0n) is 35.6. The normalized spacial score (nSPS) is 12.7. The summed E-state index contributed by atoms with van der Waals surface area (Å²) in [6.45, 7) is 4.69. The van der Waals surface area contributed by atoms with Crippen molar-refractivity contribution < 1.29 is 4.42 Å². The average molecular weight is 819 g/mol. The SMILES string of the molecule is CC1(C)c2cc(-c3cc(-c4cc(-c5ccccc5-c5ccccc5)cc(-c5cccc6c5oc5ccccc56)c4)nc(-c4ccccc4)n3)ccc2-c2c(-c3ccccc3)cccc21. The Bertz CT molecular complexity index is 3570. The molecule has 0 fully saturated rings. The predicted octanol–water partition coefficient (Wildman–Crippen LogP) is 16.4. The fourth-order valence-corrected chi connectivity index (χ4v) is 9.93. The molecule has 9 aromatic carbocycles. The number of fused-ring (bicyclic) bond motifs is 6. The molecule has 3 nitrogen and oxygen atoms in total. The number of rotatable bonds is 7. The van der Waals surface area contributed by atoms with Crippen LogP contribution in [-0.2, 0) is 5.41 Å². The maximum absolute atomic E-state index is 6.66. The third kappa shape index (κ3) is 6.28. The molecule has 0 bridgehead atoms. The van der Waals surface area contributed by atoms with Gasteiger partial charge in [0.25, 0.3) is 0 Å². The smallest absolute Gasteiger partial charge is 0.160 e. The van der Waals surface area contributed by atoms with Crippen LogP contribution in [-0.4, -0.2) is 9.97 Å². The van der Waals surface area contributed by atoms with Crippen molar-refractivity contribution in [2.45, 2.75) is 19.3 Å². The van der Waals surface area contributed by atoms with E-state index in [1.807, 2.05) is 18.2 Å². The Kier molecular flexibility index (Phi) is 8.84. The van der Waals surface area contributed by atoms with Crippen molar-refractivity contribution in [1.29, 1.82) is 0 Å². The van der Waals surface area contributed by atoms with E-state index in [1.165, 1.54) is 38.9 Å². The van der Waals surface area contributed by atoms with Gasteiger partial charge in [-0.2, -0.15) is 0 Å². The molecule has 2 heterocycles. The Labute approximate surface area is 373 Å². The lowest BCUT2D eigenvalue weighted by molar-refractivity contribution is 0.660. The number of hydrogen-bond donors (Lipinski definition) is 0. The fraction of sp³-hybridized carbons (Fsp3) is 0.0492. The van der Waals surface area contributed by atoms with Crippen molar-refractivity contribution in [3.63, 3.8) is 0 Å². The van der Waals surface area contributed by atoms with E-state index in [9.17, 15) is 0 Å². The van der Waals surface area contributed by atoms with Gasteiger partial charge in [0.15, 0.2) is 5.82 Å². The highest BCUT2D eigenvalue weighted by Gasteiger charge is 2.37. The van der Waals surface area contributed by atoms with Crippen LogP contribution in [0.4, 0.5) is 0 Å². The summed E-state index contributed by atoms with van der Waals surface area (Å²) in [6, 6.07) is 77.8. The van der Waals surface area contributed by atoms with Crippen LogP contribution in [0.3, 0.4) is 0 Å². The highest BCUT2D eigenvalue weighted by atomic mass is 16.3. The van der Waals surface area contributed by atoms with Crippen molar-refractivity contribution in [3.8, 4) is 89.5 Å². The molecule has 0 saturated carbocycles. The van der Waals surface area contributed by atoms with Gasteiger partial charge in [-0.15, -0.1) is 0 Å². The van der Waals surface area contributed by atoms with E-state index in [0.29, 0.717) is 5.82 Å². The second kappa shape index (κ2) is 15.0. The van der Waals surface area contributed by atoms with E-state index in [4.69, 9.17) is 14.4 Å². The molecule has 0 unspecified atom stereocenters. The number of furan rings is 1. The summed E-state index contributed by atoms with van der Waals surface area (Å²) in [6.07, 6.45) is 0. The summed E-state index contributed by atoms with van der Waals surface area (Å²) in [5, 5.41) is 2.20. The van der Waals surface area contributed by atoms with Crippen molar-refractivity contribution in [3.05, 3.63) is 230 Å². The van der Waals surface area contributed by atoms with E-state index in [1.54, 1.807) is 0 Å². The molecule has 1 aliphatic carbocycles. The second-order valence-electron chi connectivity index (χ2n) is 17.3. The molecule has 0 amide bonds. The minimum Gasteiger partial charge on any atom is -0.455 e. The first kappa shape index (κ1) is 37.6. The number of hydrogen-bond acceptors (Lipinski definition) is 3. The van der Waals surface area contributed by atoms with E-state index in [0.717, 1.165) is 77.8 Å². The summed E-state index contributed by atoms with van der Waals surface area (Å²) >= 11 is 0. The second-order valence-corrected chi connectivity index (χ2v) is 17.3. The Morgan fingerprint density at radius 2 is 0.875 bits per heavy atom. The van der Waals surface area contributed by atoms with Gasteiger partial charge in [-0.1, -0.05) is 196 Å². The van der Waals surface area contributed by atoms with Crippen LogP contribution in [0.25, 0.3) is 111 Å². The molecule has 0 saturated heterocycles. The predicted molar refractivity (Wildman–Crippen MR) is 265 cm³/mol. The minimum absolute atomic E-state index is 0.212. The molecule has 0 aliphatic heterocycles. The summed E-state index contributed by atoms with van der Waals surface area (Å²) in [4.78, 5) is 10.7. The molecule has 0 radical (unpaired) electrons. The highest BCUT2D eigenvalue weighted by Crippen LogP contribution is 2.53. The lowest BCUT2D eigenvalue weighted by Crippen LogP contribution is -2.15. The minimum atomic E-state index is -0.212. The van der Waals surface area contributed by atoms with Crippen LogP contribution >= 0.6 is 0 Å². The lowest BCUT2D eigenvalue weighted by atomic mass is 9.81. The van der Waals surface area contributed by atoms with E-state index in [2.05, 4.69) is 214 Å². The van der Waals surface area contributed by atoms with Gasteiger partial charge >= 0.3 is 0 Å². The number of para-hydroxylation sites is 2. The van der Waals surface area contributed by atoms with Gasteiger partial charge in [-0.25, -0.2) is 9.97 Å². The maximum atomic E-state index is 6.66. The first-order valence-electron chi connectivity index (χ1n) is 22.0. The molecule has 0 N–H and O–H groups in total. The van der Waals surface area contributed by atoms with Crippen molar-refractivity contribution >= 4 is 21.9 Å². The van der Waals surface area contributed by atoms with Gasteiger partial charge in [0.2, 0.25) is 0 Å². The van der Waals surface area contributed by atoms with Gasteiger partial charge in [0.1, 0.15) is 11.2 Å². The van der Waals surface area contributed by atoms with Crippen molar-refractivity contribution in [2.24, 2.45) is 0 Å². The first-order valence-corrected chi connectivity index (χ1v) is 22.0. The van der Waals surface area contributed by atoms with Crippen LogP contribution in [0.5, 0.6) is 0 Å². The van der Waals surface area contributed by atoms with Gasteiger partial charge in [-0.05, 0) is 97.6 Å². The first-order chi connectivity index (χ1) is 31.5. The molecular formula is C61H42N2O. The average Bonchev–Trinajstić information content (AvgIpc) is 3.86. The Hall–Kier alpha value is -8.14. The Balaban J connectivity index is 1.08. The van der Waals surface area contributed by atoms with Gasteiger partial charge in [0.05, 0.1) is 11.4 Å². The molecule has 2 aromatic heterocycles. The molecule has 11 aromatic rings. The summed E-state index contributed by atoms with van der Waals surface area (Å²) < 4.78 is 6.66. The van der Waals surface area contributed by atoms with Gasteiger partial charge in [0, 0.05) is 38.4 Å². The molecule has 3 heteroatoms. The summed E-state index contributed by atoms with van der Waals surface area (Å²) in [5.74, 6) is 0.679. The monoisotopic (exact) mass is 818 g/mol. The van der Waals surface area contributed by atoms with Gasteiger partial charge < -0.3 is 4.42 Å². The van der Waals surface area contributed by atoms with E-state index < -0.39 is 0 Å². The molecular weight excluding hydrogens is 777 g/mol. The zero-order chi connectivity index (χ0) is 42.8. The Morgan fingerprint density at radius 3 is 1.61 bits per heavy atom. The summed E-state index contributed by atoms with van der Waals surface area (Å²) in [7, 11) is 0. The quantitative estimate of drug-likeness (QED) is 0.161. The van der Waals surface area contributed by atoms with Crippen LogP contribution in [0.15, 0.2) is 223 Å². The molecule has 64 heavy (non-hydrogen) atoms. The van der Waals surface area contributed by atoms with Crippen LogP contribution in [0, 0.1) is 0 Å². The number of benzene rings is 9. The molecule has 0 atom stereocenters. The van der Waals surface area contributed by atoms with E-state index >= 15 is 0 Å². The van der Waals surface area contributed by atoms with Crippen molar-refractivity contribution in [1.82, 2.24) is 9.97 Å². The molecule has 12 rings (SSSR count). The van der Waals surface area contributed by atoms with Gasteiger partial charge in [-0.3, -0.25) is 0 Å². The summed E-state index contributed by atoms with van der Waals surface area (Å²) in [5.41, 5.74) is 20.6. The molecule has 302 valence electrons. The fourth-order valence-electron chi connectivity index (χ4n) is 9.93. The standard InChI is InChI=1S/C61H42N2O/c1-61(2)53-30-17-27-48(40-20-8-4-9-21-40)58(53)52-33-32-42(37-54(52)61)55-38-56(63-60(62-55)41-22-10-5-11-23-41)45-35-43(47-25-13-12-24-46(47)39-18-6-3-7-19-39)34-44(36-45)49-28-16-29-51-50-26-14-15-31-57(50)64-59(49)51/h3-38H,1-2H3. The maximum Gasteiger partial charge on any atom is 0.160 e. The topological polar surface area (TPSA) is 38.9 Å².